The summed E-state index contributed by atoms with van der Waals surface area (Å²) in [5.74, 6) is 0. The van der Waals surface area contributed by atoms with Gasteiger partial charge in [-0.15, -0.1) is 0 Å². The minimum Gasteiger partial charge on any atom is -0.395 e. The molecule has 0 amide bonds. The zero-order valence-corrected chi connectivity index (χ0v) is 11.5. The second-order valence-corrected chi connectivity index (χ2v) is 5.21. The van der Waals surface area contributed by atoms with Gasteiger partial charge in [0.2, 0.25) is 0 Å². The molecule has 2 rings (SSSR count). The van der Waals surface area contributed by atoms with E-state index in [1.807, 2.05) is 0 Å². The Morgan fingerprint density at radius 3 is 2.89 bits per heavy atom. The molecule has 2 heterocycles. The number of aliphatic hydroxyl groups is 1. The Bertz CT molecular complexity index is 360. The third-order valence-corrected chi connectivity index (χ3v) is 4.06. The van der Waals surface area contributed by atoms with Gasteiger partial charge in [0.15, 0.2) is 0 Å². The topological polar surface area (TPSA) is 41.3 Å². The van der Waals surface area contributed by atoms with E-state index in [0.29, 0.717) is 12.1 Å². The molecule has 1 atom stereocenters. The van der Waals surface area contributed by atoms with E-state index in [9.17, 15) is 5.11 Å². The first kappa shape index (κ1) is 13.6. The molecule has 4 heteroatoms. The van der Waals surface area contributed by atoms with Gasteiger partial charge >= 0.3 is 0 Å². The number of likely N-dealkylation sites (tertiary alicyclic amines) is 1. The Morgan fingerprint density at radius 1 is 1.44 bits per heavy atom. The number of rotatable bonds is 6. The van der Waals surface area contributed by atoms with Crippen LogP contribution in [0.15, 0.2) is 12.3 Å². The van der Waals surface area contributed by atoms with Crippen LogP contribution in [0.1, 0.15) is 51.3 Å². The van der Waals surface area contributed by atoms with Crippen molar-refractivity contribution in [3.8, 4) is 0 Å². The van der Waals surface area contributed by atoms with Crippen molar-refractivity contribution in [3.63, 3.8) is 0 Å². The molecule has 1 aromatic heterocycles. The van der Waals surface area contributed by atoms with Crippen LogP contribution in [-0.4, -0.2) is 39.0 Å². The Hall–Kier alpha value is -0.870. The maximum absolute atomic E-state index is 9.32. The van der Waals surface area contributed by atoms with Crippen LogP contribution in [0.5, 0.6) is 0 Å². The lowest BCUT2D eigenvalue weighted by Gasteiger charge is -2.21. The normalized spacial score (nSPS) is 21.0. The van der Waals surface area contributed by atoms with Gasteiger partial charge in [-0.05, 0) is 38.3 Å². The van der Waals surface area contributed by atoms with E-state index < -0.39 is 0 Å². The van der Waals surface area contributed by atoms with E-state index in [1.54, 1.807) is 0 Å². The minimum atomic E-state index is 0.271. The van der Waals surface area contributed by atoms with Crippen molar-refractivity contribution in [2.45, 2.75) is 58.2 Å². The molecule has 0 saturated carbocycles. The summed E-state index contributed by atoms with van der Waals surface area (Å²) in [5, 5.41) is 14.0. The molecule has 4 nitrogen and oxygen atoms in total. The predicted molar refractivity (Wildman–Crippen MR) is 72.4 cm³/mol. The van der Waals surface area contributed by atoms with Crippen LogP contribution >= 0.6 is 0 Å². The standard InChI is InChI=1S/C14H25N3O/c1-3-13(4-2)17-9-7-12(15-17)10-16-8-5-6-14(16)11-18/h7,9,13-14,18H,3-6,8,10-11H2,1-2H3/t14-/m1/s1. The van der Waals surface area contributed by atoms with Crippen molar-refractivity contribution < 1.29 is 5.11 Å². The number of nitrogens with zero attached hydrogens (tertiary/aromatic N) is 3. The fourth-order valence-electron chi connectivity index (χ4n) is 2.85. The summed E-state index contributed by atoms with van der Waals surface area (Å²) in [6.07, 6.45) is 6.65. The van der Waals surface area contributed by atoms with E-state index in [1.165, 1.54) is 6.42 Å². The van der Waals surface area contributed by atoms with Crippen LogP contribution in [-0.2, 0) is 6.54 Å². The first-order chi connectivity index (χ1) is 8.78. The lowest BCUT2D eigenvalue weighted by atomic mass is 10.2. The lowest BCUT2D eigenvalue weighted by molar-refractivity contribution is 0.152. The molecule has 1 fully saturated rings. The van der Waals surface area contributed by atoms with Crippen molar-refractivity contribution >= 4 is 0 Å². The number of aromatic nitrogens is 2. The largest absolute Gasteiger partial charge is 0.395 e. The van der Waals surface area contributed by atoms with Crippen molar-refractivity contribution in [2.24, 2.45) is 0 Å². The van der Waals surface area contributed by atoms with Gasteiger partial charge in [-0.1, -0.05) is 13.8 Å². The van der Waals surface area contributed by atoms with Crippen molar-refractivity contribution in [2.75, 3.05) is 13.2 Å². The molecule has 1 aromatic rings. The number of hydrogen-bond acceptors (Lipinski definition) is 3. The fourth-order valence-corrected chi connectivity index (χ4v) is 2.85. The van der Waals surface area contributed by atoms with Gasteiger partial charge < -0.3 is 5.11 Å². The van der Waals surface area contributed by atoms with Gasteiger partial charge in [-0.2, -0.15) is 5.10 Å². The molecule has 0 radical (unpaired) electrons. The van der Waals surface area contributed by atoms with Crippen LogP contribution in [0.4, 0.5) is 0 Å². The van der Waals surface area contributed by atoms with E-state index in [-0.39, 0.29) is 6.61 Å². The smallest absolute Gasteiger partial charge is 0.0765 e. The Kier molecular flexibility index (Phi) is 4.78. The summed E-state index contributed by atoms with van der Waals surface area (Å²) >= 11 is 0. The summed E-state index contributed by atoms with van der Waals surface area (Å²) in [4.78, 5) is 2.35. The summed E-state index contributed by atoms with van der Waals surface area (Å²) in [7, 11) is 0. The SMILES string of the molecule is CCC(CC)n1ccc(CN2CCC[C@@H]2CO)n1. The molecule has 18 heavy (non-hydrogen) atoms. The zero-order valence-electron chi connectivity index (χ0n) is 11.5. The monoisotopic (exact) mass is 251 g/mol. The van der Waals surface area contributed by atoms with Crippen LogP contribution in [0.25, 0.3) is 0 Å². The van der Waals surface area contributed by atoms with Gasteiger partial charge in [0.25, 0.3) is 0 Å². The highest BCUT2D eigenvalue weighted by Crippen LogP contribution is 2.20. The zero-order chi connectivity index (χ0) is 13.0. The van der Waals surface area contributed by atoms with Crippen LogP contribution in [0.3, 0.4) is 0 Å². The van der Waals surface area contributed by atoms with Gasteiger partial charge in [-0.25, -0.2) is 0 Å². The quantitative estimate of drug-likeness (QED) is 0.842. The minimum absolute atomic E-state index is 0.271. The first-order valence-electron chi connectivity index (χ1n) is 7.17. The van der Waals surface area contributed by atoms with E-state index >= 15 is 0 Å². The second-order valence-electron chi connectivity index (χ2n) is 5.21. The molecule has 1 saturated heterocycles. The highest BCUT2D eigenvalue weighted by molar-refractivity contribution is 5.01. The first-order valence-corrected chi connectivity index (χ1v) is 7.17. The summed E-state index contributed by atoms with van der Waals surface area (Å²) in [5.41, 5.74) is 1.13. The van der Waals surface area contributed by atoms with Gasteiger partial charge in [0, 0.05) is 18.8 Å². The molecule has 0 bridgehead atoms. The Balaban J connectivity index is 1.98. The Morgan fingerprint density at radius 2 is 2.22 bits per heavy atom. The molecule has 0 aromatic carbocycles. The van der Waals surface area contributed by atoms with Crippen LogP contribution in [0, 0.1) is 0 Å². The van der Waals surface area contributed by atoms with Gasteiger partial charge in [0.1, 0.15) is 0 Å². The lowest BCUT2D eigenvalue weighted by Crippen LogP contribution is -2.31. The molecule has 1 aliphatic rings. The highest BCUT2D eigenvalue weighted by atomic mass is 16.3. The summed E-state index contributed by atoms with van der Waals surface area (Å²) < 4.78 is 2.10. The van der Waals surface area contributed by atoms with Crippen LogP contribution in [0.2, 0.25) is 0 Å². The van der Waals surface area contributed by atoms with E-state index in [2.05, 4.69) is 40.8 Å². The third-order valence-electron chi connectivity index (χ3n) is 4.06. The highest BCUT2D eigenvalue weighted by Gasteiger charge is 2.24. The maximum Gasteiger partial charge on any atom is 0.0765 e. The second kappa shape index (κ2) is 6.34. The number of aliphatic hydroxyl groups excluding tert-OH is 1. The summed E-state index contributed by atoms with van der Waals surface area (Å²) in [6.45, 7) is 6.64. The van der Waals surface area contributed by atoms with E-state index in [0.717, 1.165) is 38.0 Å². The molecule has 102 valence electrons. The van der Waals surface area contributed by atoms with E-state index in [4.69, 9.17) is 0 Å². The van der Waals surface area contributed by atoms with Crippen LogP contribution < -0.4 is 0 Å². The fraction of sp³-hybridized carbons (Fsp3) is 0.786. The predicted octanol–water partition coefficient (Wildman–Crippen LogP) is 2.20. The molecular weight excluding hydrogens is 226 g/mol. The molecular formula is C14H25N3O. The van der Waals surface area contributed by atoms with Gasteiger partial charge in [-0.3, -0.25) is 9.58 Å². The van der Waals surface area contributed by atoms with Gasteiger partial charge in [0.05, 0.1) is 18.3 Å². The molecule has 0 spiro atoms. The Labute approximate surface area is 110 Å². The molecule has 1 N–H and O–H groups in total. The average Bonchev–Trinajstić information content (AvgIpc) is 3.01. The molecule has 0 aliphatic carbocycles. The summed E-state index contributed by atoms with van der Waals surface area (Å²) in [6, 6.07) is 2.97. The maximum atomic E-state index is 9.32. The molecule has 0 unspecified atom stereocenters. The van der Waals surface area contributed by atoms with Crippen molar-refractivity contribution in [1.29, 1.82) is 0 Å². The van der Waals surface area contributed by atoms with Crippen molar-refractivity contribution in [3.05, 3.63) is 18.0 Å². The molecule has 1 aliphatic heterocycles. The third kappa shape index (κ3) is 2.93. The average molecular weight is 251 g/mol. The number of hydrogen-bond donors (Lipinski definition) is 1. The van der Waals surface area contributed by atoms with Crippen molar-refractivity contribution in [1.82, 2.24) is 14.7 Å².